The average Bonchev–Trinajstić information content (AvgIpc) is 2.26. The highest BCUT2D eigenvalue weighted by molar-refractivity contribution is 5.78. The minimum Gasteiger partial charge on any atom is -0.378 e. The molecule has 1 rings (SSSR count). The summed E-state index contributed by atoms with van der Waals surface area (Å²) < 4.78 is 5.46. The molecule has 4 nitrogen and oxygen atoms in total. The van der Waals surface area contributed by atoms with Crippen molar-refractivity contribution in [1.82, 2.24) is 10.6 Å². The molecular formula is C12H24N2O2. The molecule has 1 aliphatic heterocycles. The van der Waals surface area contributed by atoms with Gasteiger partial charge in [-0.3, -0.25) is 4.79 Å². The molecule has 0 aromatic carbocycles. The Morgan fingerprint density at radius 3 is 2.94 bits per heavy atom. The summed E-state index contributed by atoms with van der Waals surface area (Å²) in [5.74, 6) is 0.0912. The summed E-state index contributed by atoms with van der Waals surface area (Å²) in [5.41, 5.74) is 0. The summed E-state index contributed by atoms with van der Waals surface area (Å²) in [7, 11) is 0. The Morgan fingerprint density at radius 2 is 2.31 bits per heavy atom. The molecule has 1 fully saturated rings. The molecule has 1 saturated heterocycles. The number of ether oxygens (including phenoxy) is 1. The maximum absolute atomic E-state index is 11.5. The number of amides is 1. The molecule has 0 bridgehead atoms. The van der Waals surface area contributed by atoms with Crippen LogP contribution in [0.1, 0.15) is 40.0 Å². The molecule has 0 spiro atoms. The second kappa shape index (κ2) is 6.86. The highest BCUT2D eigenvalue weighted by Gasteiger charge is 2.19. The molecule has 3 unspecified atom stereocenters. The van der Waals surface area contributed by atoms with Crippen LogP contribution < -0.4 is 10.6 Å². The quantitative estimate of drug-likeness (QED) is 0.739. The lowest BCUT2D eigenvalue weighted by Gasteiger charge is -2.28. The van der Waals surface area contributed by atoms with Gasteiger partial charge in [0.05, 0.1) is 12.6 Å². The van der Waals surface area contributed by atoms with Crippen LogP contribution in [-0.2, 0) is 9.53 Å². The van der Waals surface area contributed by atoms with Crippen molar-refractivity contribution in [3.63, 3.8) is 0 Å². The zero-order chi connectivity index (χ0) is 12.0. The van der Waals surface area contributed by atoms with Gasteiger partial charge in [-0.15, -0.1) is 0 Å². The molecular weight excluding hydrogens is 204 g/mol. The molecule has 1 amide bonds. The SMILES string of the molecule is CCC(C)NC(=O)CNC1CCOC(C)C1. The number of hydrogen-bond acceptors (Lipinski definition) is 3. The fourth-order valence-corrected chi connectivity index (χ4v) is 1.85. The largest absolute Gasteiger partial charge is 0.378 e. The highest BCUT2D eigenvalue weighted by Crippen LogP contribution is 2.12. The van der Waals surface area contributed by atoms with Crippen LogP contribution in [0.2, 0.25) is 0 Å². The van der Waals surface area contributed by atoms with E-state index in [0.29, 0.717) is 18.7 Å². The first-order valence-electron chi connectivity index (χ1n) is 6.26. The zero-order valence-corrected chi connectivity index (χ0v) is 10.6. The Morgan fingerprint density at radius 1 is 1.56 bits per heavy atom. The van der Waals surface area contributed by atoms with Crippen LogP contribution >= 0.6 is 0 Å². The van der Waals surface area contributed by atoms with E-state index in [-0.39, 0.29) is 11.9 Å². The molecule has 16 heavy (non-hydrogen) atoms. The summed E-state index contributed by atoms with van der Waals surface area (Å²) >= 11 is 0. The molecule has 1 heterocycles. The second-order valence-corrected chi connectivity index (χ2v) is 4.66. The number of rotatable bonds is 5. The van der Waals surface area contributed by atoms with Gasteiger partial charge < -0.3 is 15.4 Å². The summed E-state index contributed by atoms with van der Waals surface area (Å²) in [6.07, 6.45) is 3.28. The van der Waals surface area contributed by atoms with Crippen molar-refractivity contribution in [1.29, 1.82) is 0 Å². The van der Waals surface area contributed by atoms with Gasteiger partial charge in [0.15, 0.2) is 0 Å². The van der Waals surface area contributed by atoms with Gasteiger partial charge in [0.25, 0.3) is 0 Å². The van der Waals surface area contributed by atoms with Gasteiger partial charge in [-0.25, -0.2) is 0 Å². The van der Waals surface area contributed by atoms with Gasteiger partial charge in [-0.1, -0.05) is 6.92 Å². The normalized spacial score (nSPS) is 27.4. The summed E-state index contributed by atoms with van der Waals surface area (Å²) in [5, 5.41) is 6.24. The fraction of sp³-hybridized carbons (Fsp3) is 0.917. The van der Waals surface area contributed by atoms with Crippen molar-refractivity contribution in [3.05, 3.63) is 0 Å². The van der Waals surface area contributed by atoms with Gasteiger partial charge in [-0.05, 0) is 33.1 Å². The Hall–Kier alpha value is -0.610. The average molecular weight is 228 g/mol. The summed E-state index contributed by atoms with van der Waals surface area (Å²) in [4.78, 5) is 11.5. The summed E-state index contributed by atoms with van der Waals surface area (Å²) in [6, 6.07) is 0.689. The minimum absolute atomic E-state index is 0.0912. The summed E-state index contributed by atoms with van der Waals surface area (Å²) in [6.45, 7) is 7.38. The van der Waals surface area contributed by atoms with Crippen molar-refractivity contribution in [2.24, 2.45) is 0 Å². The number of carbonyl (C=O) groups excluding carboxylic acids is 1. The van der Waals surface area contributed by atoms with Crippen LogP contribution in [0.4, 0.5) is 0 Å². The molecule has 2 N–H and O–H groups in total. The minimum atomic E-state index is 0.0912. The monoisotopic (exact) mass is 228 g/mol. The molecule has 1 aliphatic rings. The van der Waals surface area contributed by atoms with Crippen LogP contribution in [-0.4, -0.2) is 37.2 Å². The topological polar surface area (TPSA) is 50.4 Å². The predicted octanol–water partition coefficient (Wildman–Crippen LogP) is 1.06. The van der Waals surface area contributed by atoms with E-state index in [1.54, 1.807) is 0 Å². The molecule has 0 saturated carbocycles. The first-order chi connectivity index (χ1) is 7.61. The molecule has 0 aromatic heterocycles. The Balaban J connectivity index is 2.15. The molecule has 0 aliphatic carbocycles. The van der Waals surface area contributed by atoms with Gasteiger partial charge >= 0.3 is 0 Å². The standard InChI is InChI=1S/C12H24N2O2/c1-4-9(2)14-12(15)8-13-11-5-6-16-10(3)7-11/h9-11,13H,4-8H2,1-3H3,(H,14,15). The van der Waals surface area contributed by atoms with Crippen molar-refractivity contribution in [2.75, 3.05) is 13.2 Å². The Kier molecular flexibility index (Phi) is 5.77. The fourth-order valence-electron chi connectivity index (χ4n) is 1.85. The zero-order valence-electron chi connectivity index (χ0n) is 10.6. The number of carbonyl (C=O) groups is 1. The van der Waals surface area contributed by atoms with Crippen molar-refractivity contribution >= 4 is 5.91 Å². The van der Waals surface area contributed by atoms with E-state index >= 15 is 0 Å². The number of hydrogen-bond donors (Lipinski definition) is 2. The lowest BCUT2D eigenvalue weighted by molar-refractivity contribution is -0.121. The third kappa shape index (κ3) is 4.94. The van der Waals surface area contributed by atoms with Crippen LogP contribution in [0.5, 0.6) is 0 Å². The van der Waals surface area contributed by atoms with E-state index in [0.717, 1.165) is 25.9 Å². The maximum Gasteiger partial charge on any atom is 0.234 e. The Bertz CT molecular complexity index is 221. The lowest BCUT2D eigenvalue weighted by atomic mass is 10.0. The lowest BCUT2D eigenvalue weighted by Crippen LogP contribution is -2.44. The first kappa shape index (κ1) is 13.5. The van der Waals surface area contributed by atoms with Crippen molar-refractivity contribution < 1.29 is 9.53 Å². The molecule has 3 atom stereocenters. The van der Waals surface area contributed by atoms with Crippen molar-refractivity contribution in [2.45, 2.75) is 58.2 Å². The van der Waals surface area contributed by atoms with E-state index in [2.05, 4.69) is 24.5 Å². The van der Waals surface area contributed by atoms with E-state index < -0.39 is 0 Å². The number of nitrogens with one attached hydrogen (secondary N) is 2. The van der Waals surface area contributed by atoms with E-state index in [1.807, 2.05) is 6.92 Å². The smallest absolute Gasteiger partial charge is 0.234 e. The van der Waals surface area contributed by atoms with Crippen LogP contribution in [0.3, 0.4) is 0 Å². The highest BCUT2D eigenvalue weighted by atomic mass is 16.5. The molecule has 0 radical (unpaired) electrons. The predicted molar refractivity (Wildman–Crippen MR) is 64.3 cm³/mol. The van der Waals surface area contributed by atoms with E-state index in [4.69, 9.17) is 4.74 Å². The van der Waals surface area contributed by atoms with Gasteiger partial charge in [0, 0.05) is 18.7 Å². The Labute approximate surface area is 98.1 Å². The van der Waals surface area contributed by atoms with Crippen LogP contribution in [0.25, 0.3) is 0 Å². The first-order valence-corrected chi connectivity index (χ1v) is 6.26. The molecule has 0 aromatic rings. The van der Waals surface area contributed by atoms with E-state index in [9.17, 15) is 4.79 Å². The third-order valence-corrected chi connectivity index (χ3v) is 3.06. The van der Waals surface area contributed by atoms with Gasteiger partial charge in [-0.2, -0.15) is 0 Å². The van der Waals surface area contributed by atoms with E-state index in [1.165, 1.54) is 0 Å². The van der Waals surface area contributed by atoms with Gasteiger partial charge in [0.1, 0.15) is 0 Å². The maximum atomic E-state index is 11.5. The molecule has 4 heteroatoms. The molecule has 94 valence electrons. The third-order valence-electron chi connectivity index (χ3n) is 3.06. The second-order valence-electron chi connectivity index (χ2n) is 4.66. The van der Waals surface area contributed by atoms with Crippen molar-refractivity contribution in [3.8, 4) is 0 Å². The van der Waals surface area contributed by atoms with Crippen LogP contribution in [0.15, 0.2) is 0 Å². The van der Waals surface area contributed by atoms with Crippen LogP contribution in [0, 0.1) is 0 Å². The van der Waals surface area contributed by atoms with Gasteiger partial charge in [0.2, 0.25) is 5.91 Å².